The standard InChI is InChI=1S/C18H16FN3O3/c1-11(12-6-2-4-8-14(12)19)20-16(23)10-22-15-9-5-3-7-13(15)17(24)21-18(22)25/h2-9,11H,10H2,1H3,(H,20,23)(H,21,24,25)/t11-/m1/s1. The number of rotatable bonds is 4. The molecule has 1 atom stereocenters. The van der Waals surface area contributed by atoms with Gasteiger partial charge in [-0.3, -0.25) is 19.1 Å². The summed E-state index contributed by atoms with van der Waals surface area (Å²) in [5.41, 5.74) is -0.450. The fraction of sp³-hybridized carbons (Fsp3) is 0.167. The van der Waals surface area contributed by atoms with Crippen molar-refractivity contribution < 1.29 is 9.18 Å². The molecule has 25 heavy (non-hydrogen) atoms. The normalized spacial score (nSPS) is 12.1. The molecule has 6 nitrogen and oxygen atoms in total. The van der Waals surface area contributed by atoms with Crippen molar-refractivity contribution in [3.63, 3.8) is 0 Å². The van der Waals surface area contributed by atoms with E-state index in [0.717, 1.165) is 0 Å². The number of halogens is 1. The van der Waals surface area contributed by atoms with Gasteiger partial charge in [-0.2, -0.15) is 0 Å². The molecule has 2 aromatic carbocycles. The van der Waals surface area contributed by atoms with E-state index in [1.807, 2.05) is 0 Å². The Hall–Kier alpha value is -3.22. The molecule has 0 radical (unpaired) electrons. The first-order valence-electron chi connectivity index (χ1n) is 7.73. The number of nitrogens with zero attached hydrogens (tertiary/aromatic N) is 1. The number of carbonyl (C=O) groups excluding carboxylic acids is 1. The Morgan fingerprint density at radius 3 is 2.60 bits per heavy atom. The number of hydrogen-bond donors (Lipinski definition) is 2. The fourth-order valence-electron chi connectivity index (χ4n) is 2.73. The third kappa shape index (κ3) is 3.35. The van der Waals surface area contributed by atoms with Gasteiger partial charge in [-0.25, -0.2) is 9.18 Å². The van der Waals surface area contributed by atoms with Crippen molar-refractivity contribution in [2.45, 2.75) is 19.5 Å². The summed E-state index contributed by atoms with van der Waals surface area (Å²) in [6, 6.07) is 12.1. The van der Waals surface area contributed by atoms with Gasteiger partial charge in [0.05, 0.1) is 16.9 Å². The number of para-hydroxylation sites is 1. The lowest BCUT2D eigenvalue weighted by Gasteiger charge is -2.16. The summed E-state index contributed by atoms with van der Waals surface area (Å²) >= 11 is 0. The molecule has 2 N–H and O–H groups in total. The summed E-state index contributed by atoms with van der Waals surface area (Å²) in [4.78, 5) is 38.4. The van der Waals surface area contributed by atoms with Gasteiger partial charge in [0.1, 0.15) is 12.4 Å². The van der Waals surface area contributed by atoms with E-state index >= 15 is 0 Å². The Morgan fingerprint density at radius 1 is 1.16 bits per heavy atom. The number of benzene rings is 2. The number of amides is 1. The summed E-state index contributed by atoms with van der Waals surface area (Å²) in [6.07, 6.45) is 0. The molecule has 0 saturated heterocycles. The molecule has 1 aromatic heterocycles. The molecule has 7 heteroatoms. The van der Waals surface area contributed by atoms with E-state index < -0.39 is 29.0 Å². The van der Waals surface area contributed by atoms with Crippen LogP contribution >= 0.6 is 0 Å². The minimum Gasteiger partial charge on any atom is -0.348 e. The minimum absolute atomic E-state index is 0.283. The van der Waals surface area contributed by atoms with Crippen molar-refractivity contribution in [3.05, 3.63) is 80.7 Å². The average molecular weight is 341 g/mol. The van der Waals surface area contributed by atoms with Gasteiger partial charge in [0.15, 0.2) is 0 Å². The van der Waals surface area contributed by atoms with E-state index in [1.54, 1.807) is 49.4 Å². The molecule has 1 amide bonds. The highest BCUT2D eigenvalue weighted by Crippen LogP contribution is 2.16. The van der Waals surface area contributed by atoms with E-state index in [4.69, 9.17) is 0 Å². The molecule has 0 saturated carbocycles. The van der Waals surface area contributed by atoms with Crippen molar-refractivity contribution >= 4 is 16.8 Å². The van der Waals surface area contributed by atoms with Crippen LogP contribution in [0.1, 0.15) is 18.5 Å². The van der Waals surface area contributed by atoms with Crippen LogP contribution in [0.5, 0.6) is 0 Å². The molecule has 0 fully saturated rings. The van der Waals surface area contributed by atoms with Gasteiger partial charge in [0, 0.05) is 5.56 Å². The largest absolute Gasteiger partial charge is 0.348 e. The van der Waals surface area contributed by atoms with Crippen LogP contribution in [-0.2, 0) is 11.3 Å². The molecular formula is C18H16FN3O3. The highest BCUT2D eigenvalue weighted by Gasteiger charge is 2.15. The lowest BCUT2D eigenvalue weighted by atomic mass is 10.1. The summed E-state index contributed by atoms with van der Waals surface area (Å²) in [6.45, 7) is 1.37. The van der Waals surface area contributed by atoms with Crippen LogP contribution in [0.3, 0.4) is 0 Å². The van der Waals surface area contributed by atoms with Crippen LogP contribution in [0, 0.1) is 5.82 Å². The number of nitrogens with one attached hydrogen (secondary N) is 2. The SMILES string of the molecule is C[C@@H](NC(=O)Cn1c(=O)[nH]c(=O)c2ccccc21)c1ccccc1F. The maximum absolute atomic E-state index is 13.8. The summed E-state index contributed by atoms with van der Waals surface area (Å²) in [5.74, 6) is -0.878. The van der Waals surface area contributed by atoms with Crippen molar-refractivity contribution in [1.82, 2.24) is 14.9 Å². The van der Waals surface area contributed by atoms with Crippen LogP contribution in [0.25, 0.3) is 10.9 Å². The van der Waals surface area contributed by atoms with Crippen LogP contribution in [0.2, 0.25) is 0 Å². The van der Waals surface area contributed by atoms with Crippen LogP contribution < -0.4 is 16.6 Å². The number of carbonyl (C=O) groups is 1. The first-order valence-corrected chi connectivity index (χ1v) is 7.73. The Labute approximate surface area is 141 Å². The van der Waals surface area contributed by atoms with E-state index in [1.165, 1.54) is 10.6 Å². The summed E-state index contributed by atoms with van der Waals surface area (Å²) in [5, 5.41) is 2.98. The zero-order chi connectivity index (χ0) is 18.0. The third-order valence-corrected chi connectivity index (χ3v) is 3.96. The van der Waals surface area contributed by atoms with Gasteiger partial charge in [0.25, 0.3) is 5.56 Å². The molecule has 0 aliphatic heterocycles. The van der Waals surface area contributed by atoms with Crippen molar-refractivity contribution in [2.75, 3.05) is 0 Å². The number of aromatic nitrogens is 2. The second-order valence-electron chi connectivity index (χ2n) is 5.67. The fourth-order valence-corrected chi connectivity index (χ4v) is 2.73. The van der Waals surface area contributed by atoms with Crippen LogP contribution in [0.4, 0.5) is 4.39 Å². The van der Waals surface area contributed by atoms with E-state index in [9.17, 15) is 18.8 Å². The van der Waals surface area contributed by atoms with Crippen LogP contribution in [0.15, 0.2) is 58.1 Å². The van der Waals surface area contributed by atoms with Gasteiger partial charge in [0.2, 0.25) is 5.91 Å². The number of H-pyrrole nitrogens is 1. The lowest BCUT2D eigenvalue weighted by molar-refractivity contribution is -0.122. The zero-order valence-corrected chi connectivity index (χ0v) is 13.5. The summed E-state index contributed by atoms with van der Waals surface area (Å²) < 4.78 is 15.0. The molecule has 128 valence electrons. The highest BCUT2D eigenvalue weighted by molar-refractivity contribution is 5.81. The molecule has 3 rings (SSSR count). The first-order chi connectivity index (χ1) is 12.0. The van der Waals surface area contributed by atoms with E-state index in [0.29, 0.717) is 16.5 Å². The van der Waals surface area contributed by atoms with E-state index in [2.05, 4.69) is 10.3 Å². The van der Waals surface area contributed by atoms with E-state index in [-0.39, 0.29) is 6.54 Å². The van der Waals surface area contributed by atoms with Gasteiger partial charge < -0.3 is 5.32 Å². The monoisotopic (exact) mass is 341 g/mol. The lowest BCUT2D eigenvalue weighted by Crippen LogP contribution is -2.37. The number of hydrogen-bond acceptors (Lipinski definition) is 3. The Morgan fingerprint density at radius 2 is 1.84 bits per heavy atom. The number of fused-ring (bicyclic) bond motifs is 1. The zero-order valence-electron chi connectivity index (χ0n) is 13.5. The molecule has 0 aliphatic carbocycles. The first kappa shape index (κ1) is 16.6. The van der Waals surface area contributed by atoms with Crippen molar-refractivity contribution in [3.8, 4) is 0 Å². The molecule has 0 bridgehead atoms. The average Bonchev–Trinajstić information content (AvgIpc) is 2.59. The van der Waals surface area contributed by atoms with Crippen molar-refractivity contribution in [2.24, 2.45) is 0 Å². The Kier molecular flexibility index (Phi) is 4.47. The maximum atomic E-state index is 13.8. The third-order valence-electron chi connectivity index (χ3n) is 3.96. The topological polar surface area (TPSA) is 84.0 Å². The second kappa shape index (κ2) is 6.72. The minimum atomic E-state index is -0.669. The highest BCUT2D eigenvalue weighted by atomic mass is 19.1. The Bertz CT molecular complexity index is 1060. The smallest absolute Gasteiger partial charge is 0.329 e. The Balaban J connectivity index is 1.87. The number of aromatic amines is 1. The van der Waals surface area contributed by atoms with Crippen molar-refractivity contribution in [1.29, 1.82) is 0 Å². The molecule has 0 aliphatic rings. The molecule has 0 unspecified atom stereocenters. The van der Waals surface area contributed by atoms with Gasteiger partial charge in [-0.15, -0.1) is 0 Å². The second-order valence-corrected chi connectivity index (χ2v) is 5.67. The molecule has 0 spiro atoms. The quantitative estimate of drug-likeness (QED) is 0.758. The van der Waals surface area contributed by atoms with Gasteiger partial charge in [-0.1, -0.05) is 30.3 Å². The van der Waals surface area contributed by atoms with Crippen LogP contribution in [-0.4, -0.2) is 15.5 Å². The maximum Gasteiger partial charge on any atom is 0.329 e. The predicted molar refractivity (Wildman–Crippen MR) is 91.8 cm³/mol. The molecule has 1 heterocycles. The van der Waals surface area contributed by atoms with Gasteiger partial charge >= 0.3 is 5.69 Å². The molecule has 3 aromatic rings. The summed E-state index contributed by atoms with van der Waals surface area (Å²) in [7, 11) is 0. The van der Waals surface area contributed by atoms with Gasteiger partial charge in [-0.05, 0) is 25.1 Å². The predicted octanol–water partition coefficient (Wildman–Crippen LogP) is 1.71. The molecular weight excluding hydrogens is 325 g/mol.